The van der Waals surface area contributed by atoms with Crippen molar-refractivity contribution in [3.8, 4) is 5.75 Å². The first-order valence-electron chi connectivity index (χ1n) is 5.98. The lowest BCUT2D eigenvalue weighted by molar-refractivity contribution is -0.113. The molecule has 1 rings (SSSR count). The zero-order valence-corrected chi connectivity index (χ0v) is 11.5. The molecule has 1 aromatic carbocycles. The Balaban J connectivity index is 2.22. The number of nitrogens with one attached hydrogen (secondary N) is 1. The largest absolute Gasteiger partial charge is 0.497 e. The highest BCUT2D eigenvalue weighted by atomic mass is 32.2. The number of ether oxygens (including phenoxy) is 1. The maximum absolute atomic E-state index is 11.6. The molecule has 100 valence electrons. The topological polar surface area (TPSA) is 64.3 Å². The lowest BCUT2D eigenvalue weighted by atomic mass is 10.3. The van der Waals surface area contributed by atoms with Gasteiger partial charge in [0.05, 0.1) is 12.9 Å². The van der Waals surface area contributed by atoms with Crippen LogP contribution in [0.4, 0.5) is 5.69 Å². The minimum absolute atomic E-state index is 0.0258. The summed E-state index contributed by atoms with van der Waals surface area (Å²) in [7, 11) is 1.62. The summed E-state index contributed by atoms with van der Waals surface area (Å²) in [5, 5.41) is 2.84. The number of carbonyl (C=O) groups excluding carboxylic acids is 1. The van der Waals surface area contributed by atoms with E-state index in [0.717, 1.165) is 36.6 Å². The van der Waals surface area contributed by atoms with Gasteiger partial charge in [-0.1, -0.05) is 0 Å². The van der Waals surface area contributed by atoms with Crippen LogP contribution in [-0.2, 0) is 4.79 Å². The molecule has 0 radical (unpaired) electrons. The Morgan fingerprint density at radius 1 is 1.33 bits per heavy atom. The van der Waals surface area contributed by atoms with E-state index in [0.29, 0.717) is 5.75 Å². The summed E-state index contributed by atoms with van der Waals surface area (Å²) in [6.45, 7) is 0.721. The minimum atomic E-state index is 0.0258. The zero-order chi connectivity index (χ0) is 13.2. The van der Waals surface area contributed by atoms with Gasteiger partial charge in [0.1, 0.15) is 5.75 Å². The Labute approximate surface area is 112 Å². The van der Waals surface area contributed by atoms with Crippen LogP contribution in [-0.4, -0.2) is 31.1 Å². The molecule has 1 amide bonds. The number of carbonyl (C=O) groups is 1. The molecule has 4 nitrogen and oxygen atoms in total. The molecule has 18 heavy (non-hydrogen) atoms. The Kier molecular flexibility index (Phi) is 7.29. The van der Waals surface area contributed by atoms with Crippen LogP contribution in [0.15, 0.2) is 24.3 Å². The predicted octanol–water partition coefficient (Wildman–Crippen LogP) is 2.11. The number of benzene rings is 1. The lowest BCUT2D eigenvalue weighted by Crippen LogP contribution is -2.14. The average Bonchev–Trinajstić information content (AvgIpc) is 2.39. The number of hydrogen-bond donors (Lipinski definition) is 2. The van der Waals surface area contributed by atoms with Crippen molar-refractivity contribution in [3.05, 3.63) is 24.3 Å². The Bertz CT molecular complexity index is 355. The molecule has 0 saturated heterocycles. The molecule has 3 N–H and O–H groups in total. The van der Waals surface area contributed by atoms with Crippen LogP contribution < -0.4 is 15.8 Å². The van der Waals surface area contributed by atoms with Crippen molar-refractivity contribution in [2.45, 2.75) is 12.8 Å². The normalized spacial score (nSPS) is 10.1. The smallest absolute Gasteiger partial charge is 0.234 e. The fraction of sp³-hybridized carbons (Fsp3) is 0.462. The number of thioether (sulfide) groups is 1. The van der Waals surface area contributed by atoms with Crippen molar-refractivity contribution < 1.29 is 9.53 Å². The molecule has 5 heteroatoms. The van der Waals surface area contributed by atoms with E-state index in [2.05, 4.69) is 5.32 Å². The first kappa shape index (κ1) is 14.9. The highest BCUT2D eigenvalue weighted by molar-refractivity contribution is 7.99. The van der Waals surface area contributed by atoms with Gasteiger partial charge in [-0.15, -0.1) is 0 Å². The summed E-state index contributed by atoms with van der Waals surface area (Å²) in [5.41, 5.74) is 6.19. The number of unbranched alkanes of at least 4 members (excludes halogenated alkanes) is 1. The Morgan fingerprint density at radius 3 is 2.67 bits per heavy atom. The average molecular weight is 268 g/mol. The van der Waals surface area contributed by atoms with Crippen molar-refractivity contribution in [2.24, 2.45) is 5.73 Å². The maximum atomic E-state index is 11.6. The van der Waals surface area contributed by atoms with E-state index < -0.39 is 0 Å². The SMILES string of the molecule is COc1ccc(NC(=O)CSCCCCN)cc1. The van der Waals surface area contributed by atoms with E-state index in [1.807, 2.05) is 24.3 Å². The van der Waals surface area contributed by atoms with Gasteiger partial charge in [0.2, 0.25) is 5.91 Å². The molecule has 0 fully saturated rings. The summed E-state index contributed by atoms with van der Waals surface area (Å²) in [6.07, 6.45) is 2.09. The Morgan fingerprint density at radius 2 is 2.06 bits per heavy atom. The second-order valence-corrected chi connectivity index (χ2v) is 4.93. The third kappa shape index (κ3) is 5.93. The van der Waals surface area contributed by atoms with E-state index in [9.17, 15) is 4.79 Å². The molecule has 0 aliphatic carbocycles. The first-order valence-corrected chi connectivity index (χ1v) is 7.13. The molecule has 0 spiro atoms. The van der Waals surface area contributed by atoms with Crippen LogP contribution in [0.25, 0.3) is 0 Å². The summed E-state index contributed by atoms with van der Waals surface area (Å²) in [4.78, 5) is 11.6. The number of anilines is 1. The predicted molar refractivity (Wildman–Crippen MR) is 77.2 cm³/mol. The van der Waals surface area contributed by atoms with Gasteiger partial charge in [0.15, 0.2) is 0 Å². The van der Waals surface area contributed by atoms with Crippen LogP contribution in [0, 0.1) is 0 Å². The molecular formula is C13H20N2O2S. The molecule has 1 aromatic rings. The van der Waals surface area contributed by atoms with Gasteiger partial charge >= 0.3 is 0 Å². The standard InChI is InChI=1S/C13H20N2O2S/c1-17-12-6-4-11(5-7-12)15-13(16)10-18-9-3-2-8-14/h4-7H,2-3,8-10,14H2,1H3,(H,15,16). The van der Waals surface area contributed by atoms with Crippen molar-refractivity contribution in [1.29, 1.82) is 0 Å². The number of amides is 1. The lowest BCUT2D eigenvalue weighted by Gasteiger charge is -2.06. The molecule has 0 atom stereocenters. The summed E-state index contributed by atoms with van der Waals surface area (Å²) in [6, 6.07) is 7.31. The second-order valence-electron chi connectivity index (χ2n) is 3.83. The molecule has 0 aromatic heterocycles. The molecule has 0 aliphatic rings. The van der Waals surface area contributed by atoms with Gasteiger partial charge in [-0.25, -0.2) is 0 Å². The molecule has 0 bridgehead atoms. The minimum Gasteiger partial charge on any atom is -0.497 e. The molecule has 0 aliphatic heterocycles. The van der Waals surface area contributed by atoms with Crippen LogP contribution in [0.1, 0.15) is 12.8 Å². The quantitative estimate of drug-likeness (QED) is 0.709. The van der Waals surface area contributed by atoms with Gasteiger partial charge in [-0.05, 0) is 49.4 Å². The monoisotopic (exact) mass is 268 g/mol. The third-order valence-corrected chi connectivity index (χ3v) is 3.39. The molecule has 0 heterocycles. The zero-order valence-electron chi connectivity index (χ0n) is 10.6. The number of methoxy groups -OCH3 is 1. The van der Waals surface area contributed by atoms with E-state index in [1.165, 1.54) is 0 Å². The number of rotatable bonds is 8. The molecule has 0 unspecified atom stereocenters. The van der Waals surface area contributed by atoms with E-state index in [4.69, 9.17) is 10.5 Å². The van der Waals surface area contributed by atoms with Crippen molar-refractivity contribution in [2.75, 3.05) is 30.5 Å². The van der Waals surface area contributed by atoms with E-state index >= 15 is 0 Å². The van der Waals surface area contributed by atoms with Crippen LogP contribution in [0.3, 0.4) is 0 Å². The van der Waals surface area contributed by atoms with E-state index in [1.54, 1.807) is 18.9 Å². The van der Waals surface area contributed by atoms with E-state index in [-0.39, 0.29) is 5.91 Å². The molecular weight excluding hydrogens is 248 g/mol. The fourth-order valence-electron chi connectivity index (χ4n) is 1.38. The van der Waals surface area contributed by atoms with Gasteiger partial charge in [-0.3, -0.25) is 4.79 Å². The maximum Gasteiger partial charge on any atom is 0.234 e. The first-order chi connectivity index (χ1) is 8.76. The van der Waals surface area contributed by atoms with Crippen LogP contribution >= 0.6 is 11.8 Å². The highest BCUT2D eigenvalue weighted by Crippen LogP contribution is 2.15. The highest BCUT2D eigenvalue weighted by Gasteiger charge is 2.02. The van der Waals surface area contributed by atoms with Gasteiger partial charge in [0.25, 0.3) is 0 Å². The van der Waals surface area contributed by atoms with Crippen LogP contribution in [0.5, 0.6) is 5.75 Å². The van der Waals surface area contributed by atoms with Crippen molar-refractivity contribution >= 4 is 23.4 Å². The summed E-state index contributed by atoms with van der Waals surface area (Å²) >= 11 is 1.64. The molecule has 0 saturated carbocycles. The summed E-state index contributed by atoms with van der Waals surface area (Å²) < 4.78 is 5.05. The van der Waals surface area contributed by atoms with Gasteiger partial charge in [-0.2, -0.15) is 11.8 Å². The third-order valence-electron chi connectivity index (χ3n) is 2.35. The van der Waals surface area contributed by atoms with Crippen LogP contribution in [0.2, 0.25) is 0 Å². The number of hydrogen-bond acceptors (Lipinski definition) is 4. The second kappa shape index (κ2) is 8.83. The van der Waals surface area contributed by atoms with Crippen molar-refractivity contribution in [1.82, 2.24) is 0 Å². The summed E-state index contributed by atoms with van der Waals surface area (Å²) in [5.74, 6) is 2.27. The van der Waals surface area contributed by atoms with Crippen molar-refractivity contribution in [3.63, 3.8) is 0 Å². The Hall–Kier alpha value is -1.20. The fourth-order valence-corrected chi connectivity index (χ4v) is 2.19. The number of nitrogens with two attached hydrogens (primary N) is 1. The van der Waals surface area contributed by atoms with Gasteiger partial charge < -0.3 is 15.8 Å². The van der Waals surface area contributed by atoms with Gasteiger partial charge in [0, 0.05) is 5.69 Å².